The number of hydrogen-bond acceptors (Lipinski definition) is 5. The molecule has 1 N–H and O–H groups in total. The Balaban J connectivity index is 1.42. The number of amides is 1. The van der Waals surface area contributed by atoms with Crippen molar-refractivity contribution in [3.63, 3.8) is 0 Å². The predicted octanol–water partition coefficient (Wildman–Crippen LogP) is 3.20. The molecule has 160 valence electrons. The summed E-state index contributed by atoms with van der Waals surface area (Å²) < 4.78 is 9.91. The molecule has 0 bridgehead atoms. The van der Waals surface area contributed by atoms with Crippen LogP contribution in [-0.4, -0.2) is 50.1 Å². The van der Waals surface area contributed by atoms with Crippen molar-refractivity contribution in [2.75, 3.05) is 27.3 Å². The predicted molar refractivity (Wildman–Crippen MR) is 116 cm³/mol. The summed E-state index contributed by atoms with van der Waals surface area (Å²) in [6.07, 6.45) is 3.36. The maximum Gasteiger partial charge on any atom is 0.337 e. The van der Waals surface area contributed by atoms with Crippen LogP contribution in [0, 0.1) is 0 Å². The number of carbonyl (C=O) groups excluding carboxylic acids is 2. The zero-order valence-corrected chi connectivity index (χ0v) is 17.7. The molecule has 0 saturated carbocycles. The molecule has 1 amide bonds. The van der Waals surface area contributed by atoms with E-state index in [0.717, 1.165) is 50.2 Å². The number of methoxy groups -OCH3 is 2. The molecule has 1 saturated heterocycles. The Morgan fingerprint density at radius 2 is 1.77 bits per heavy atom. The Bertz CT molecular complexity index is 833. The Kier molecular flexibility index (Phi) is 7.85. The zero-order chi connectivity index (χ0) is 21.3. The molecule has 1 atom stereocenters. The van der Waals surface area contributed by atoms with E-state index < -0.39 is 0 Å². The van der Waals surface area contributed by atoms with Crippen LogP contribution in [-0.2, 0) is 22.5 Å². The van der Waals surface area contributed by atoms with Crippen LogP contribution in [0.3, 0.4) is 0 Å². The summed E-state index contributed by atoms with van der Waals surface area (Å²) in [6.45, 7) is 2.33. The first-order chi connectivity index (χ1) is 14.6. The highest BCUT2D eigenvalue weighted by Gasteiger charge is 2.29. The standard InChI is InChI=1S/C24H30N2O4/c1-29-22-10-5-18(6-11-22)14-16-26-21(9-12-23(26)27)13-15-25-17-19-3-7-20(8-4-19)24(28)30-2/h3-8,10-11,21,25H,9,12-17H2,1-2H3/t21-/m0/s1. The van der Waals surface area contributed by atoms with Gasteiger partial charge in [0.1, 0.15) is 5.75 Å². The third kappa shape index (κ3) is 5.83. The molecule has 0 spiro atoms. The number of hydrogen-bond donors (Lipinski definition) is 1. The molecule has 1 fully saturated rings. The largest absolute Gasteiger partial charge is 0.497 e. The third-order valence-corrected chi connectivity index (χ3v) is 5.61. The molecule has 0 unspecified atom stereocenters. The Morgan fingerprint density at radius 1 is 1.07 bits per heavy atom. The number of nitrogens with zero attached hydrogens (tertiary/aromatic N) is 1. The molecule has 0 aliphatic carbocycles. The third-order valence-electron chi connectivity index (χ3n) is 5.61. The highest BCUT2D eigenvalue weighted by molar-refractivity contribution is 5.89. The Morgan fingerprint density at radius 3 is 2.43 bits per heavy atom. The van der Waals surface area contributed by atoms with Crippen molar-refractivity contribution in [2.24, 2.45) is 0 Å². The lowest BCUT2D eigenvalue weighted by Gasteiger charge is -2.25. The van der Waals surface area contributed by atoms with E-state index in [1.807, 2.05) is 29.2 Å². The summed E-state index contributed by atoms with van der Waals surface area (Å²) in [7, 11) is 3.04. The number of rotatable bonds is 10. The van der Waals surface area contributed by atoms with E-state index in [4.69, 9.17) is 9.47 Å². The second-order valence-corrected chi connectivity index (χ2v) is 7.53. The van der Waals surface area contributed by atoms with Crippen molar-refractivity contribution >= 4 is 11.9 Å². The van der Waals surface area contributed by atoms with E-state index in [-0.39, 0.29) is 11.9 Å². The topological polar surface area (TPSA) is 67.9 Å². The van der Waals surface area contributed by atoms with Gasteiger partial charge in [0.25, 0.3) is 0 Å². The lowest BCUT2D eigenvalue weighted by atomic mass is 10.1. The van der Waals surface area contributed by atoms with Crippen LogP contribution < -0.4 is 10.1 Å². The molecule has 0 radical (unpaired) electrons. The maximum atomic E-state index is 12.3. The first-order valence-electron chi connectivity index (χ1n) is 10.4. The van der Waals surface area contributed by atoms with Crippen molar-refractivity contribution in [1.29, 1.82) is 0 Å². The SMILES string of the molecule is COC(=O)c1ccc(CNCC[C@@H]2CCC(=O)N2CCc2ccc(OC)cc2)cc1. The molecule has 2 aromatic carbocycles. The first kappa shape index (κ1) is 21.8. The van der Waals surface area contributed by atoms with Gasteiger partial charge in [-0.25, -0.2) is 4.79 Å². The van der Waals surface area contributed by atoms with Gasteiger partial charge in [-0.15, -0.1) is 0 Å². The number of likely N-dealkylation sites (tertiary alicyclic amines) is 1. The van der Waals surface area contributed by atoms with Gasteiger partial charge in [-0.05, 0) is 61.2 Å². The van der Waals surface area contributed by atoms with Crippen molar-refractivity contribution < 1.29 is 19.1 Å². The number of carbonyl (C=O) groups is 2. The summed E-state index contributed by atoms with van der Waals surface area (Å²) in [6, 6.07) is 15.7. The highest BCUT2D eigenvalue weighted by Crippen LogP contribution is 2.22. The van der Waals surface area contributed by atoms with Crippen LogP contribution in [0.15, 0.2) is 48.5 Å². The van der Waals surface area contributed by atoms with Gasteiger partial charge in [0.05, 0.1) is 19.8 Å². The molecule has 2 aromatic rings. The van der Waals surface area contributed by atoms with Crippen LogP contribution in [0.2, 0.25) is 0 Å². The highest BCUT2D eigenvalue weighted by atomic mass is 16.5. The second-order valence-electron chi connectivity index (χ2n) is 7.53. The summed E-state index contributed by atoms with van der Waals surface area (Å²) in [5.74, 6) is 0.780. The summed E-state index contributed by atoms with van der Waals surface area (Å²) >= 11 is 0. The van der Waals surface area contributed by atoms with Crippen molar-refractivity contribution in [3.8, 4) is 5.75 Å². The average Bonchev–Trinajstić information content (AvgIpc) is 3.14. The molecule has 1 aliphatic rings. The van der Waals surface area contributed by atoms with E-state index in [2.05, 4.69) is 17.4 Å². The van der Waals surface area contributed by atoms with E-state index >= 15 is 0 Å². The number of benzene rings is 2. The number of esters is 1. The lowest BCUT2D eigenvalue weighted by molar-refractivity contribution is -0.129. The van der Waals surface area contributed by atoms with E-state index in [1.165, 1.54) is 12.7 Å². The van der Waals surface area contributed by atoms with Gasteiger partial charge in [0.2, 0.25) is 5.91 Å². The summed E-state index contributed by atoms with van der Waals surface area (Å²) in [4.78, 5) is 25.8. The van der Waals surface area contributed by atoms with E-state index in [0.29, 0.717) is 18.0 Å². The fraction of sp³-hybridized carbons (Fsp3) is 0.417. The average molecular weight is 411 g/mol. The van der Waals surface area contributed by atoms with Crippen LogP contribution in [0.1, 0.15) is 40.7 Å². The fourth-order valence-corrected chi connectivity index (χ4v) is 3.82. The molecule has 1 aliphatic heterocycles. The van der Waals surface area contributed by atoms with Crippen LogP contribution in [0.25, 0.3) is 0 Å². The second kappa shape index (κ2) is 10.8. The van der Waals surface area contributed by atoms with E-state index in [9.17, 15) is 9.59 Å². The molecule has 3 rings (SSSR count). The lowest BCUT2D eigenvalue weighted by Crippen LogP contribution is -2.36. The normalized spacial score (nSPS) is 16.0. The van der Waals surface area contributed by atoms with Crippen molar-refractivity contribution in [2.45, 2.75) is 38.3 Å². The minimum absolute atomic E-state index is 0.256. The quantitative estimate of drug-likeness (QED) is 0.481. The molecule has 30 heavy (non-hydrogen) atoms. The molecule has 6 nitrogen and oxygen atoms in total. The van der Waals surface area contributed by atoms with Gasteiger partial charge in [-0.3, -0.25) is 4.79 Å². The zero-order valence-electron chi connectivity index (χ0n) is 17.7. The van der Waals surface area contributed by atoms with E-state index in [1.54, 1.807) is 19.2 Å². The number of ether oxygens (including phenoxy) is 2. The van der Waals surface area contributed by atoms with Gasteiger partial charge in [0, 0.05) is 25.6 Å². The van der Waals surface area contributed by atoms with Crippen LogP contribution >= 0.6 is 0 Å². The summed E-state index contributed by atoms with van der Waals surface area (Å²) in [5, 5.41) is 3.45. The van der Waals surface area contributed by atoms with Gasteiger partial charge in [0.15, 0.2) is 0 Å². The summed E-state index contributed by atoms with van der Waals surface area (Å²) in [5.41, 5.74) is 2.88. The molecular formula is C24H30N2O4. The molecule has 0 aromatic heterocycles. The van der Waals surface area contributed by atoms with Gasteiger partial charge in [-0.1, -0.05) is 24.3 Å². The fourth-order valence-electron chi connectivity index (χ4n) is 3.82. The van der Waals surface area contributed by atoms with Crippen molar-refractivity contribution in [1.82, 2.24) is 10.2 Å². The molecule has 1 heterocycles. The first-order valence-corrected chi connectivity index (χ1v) is 10.4. The van der Waals surface area contributed by atoms with Crippen LogP contribution in [0.4, 0.5) is 0 Å². The van der Waals surface area contributed by atoms with Gasteiger partial charge < -0.3 is 19.7 Å². The van der Waals surface area contributed by atoms with Crippen molar-refractivity contribution in [3.05, 3.63) is 65.2 Å². The molecule has 6 heteroatoms. The monoisotopic (exact) mass is 410 g/mol. The minimum Gasteiger partial charge on any atom is -0.497 e. The smallest absolute Gasteiger partial charge is 0.337 e. The van der Waals surface area contributed by atoms with Gasteiger partial charge >= 0.3 is 5.97 Å². The maximum absolute atomic E-state index is 12.3. The van der Waals surface area contributed by atoms with Crippen LogP contribution in [0.5, 0.6) is 5.75 Å². The Labute approximate surface area is 178 Å². The van der Waals surface area contributed by atoms with Gasteiger partial charge in [-0.2, -0.15) is 0 Å². The molecular weight excluding hydrogens is 380 g/mol. The number of nitrogens with one attached hydrogen (secondary N) is 1. The minimum atomic E-state index is -0.324. The Hall–Kier alpha value is -2.86.